The van der Waals surface area contributed by atoms with Crippen molar-refractivity contribution in [3.8, 4) is 5.75 Å². The molecule has 0 aliphatic heterocycles. The number of carbonyl (C=O) groups is 2. The van der Waals surface area contributed by atoms with Crippen molar-refractivity contribution in [2.75, 3.05) is 5.32 Å². The van der Waals surface area contributed by atoms with Crippen LogP contribution in [0.5, 0.6) is 5.75 Å². The Balaban J connectivity index is 1.63. The fraction of sp³-hybridized carbons (Fsp3) is 0.0909. The molecule has 1 atom stereocenters. The van der Waals surface area contributed by atoms with E-state index in [1.807, 2.05) is 18.2 Å². The standard InChI is InChI=1S/C22H17Cl2NO3/c1-14(28-20-12-9-17(23)13-19(20)24)22(27)25-18-10-7-16(8-11-18)21(26)15-5-3-2-4-6-15/h2-14H,1H3,(H,25,27). The zero-order valence-corrected chi connectivity index (χ0v) is 16.5. The van der Waals surface area contributed by atoms with Crippen LogP contribution in [0.3, 0.4) is 0 Å². The first-order valence-corrected chi connectivity index (χ1v) is 9.32. The number of rotatable bonds is 6. The molecule has 0 saturated carbocycles. The molecule has 1 amide bonds. The van der Waals surface area contributed by atoms with E-state index in [2.05, 4.69) is 5.32 Å². The summed E-state index contributed by atoms with van der Waals surface area (Å²) in [5.74, 6) is -0.0433. The van der Waals surface area contributed by atoms with Crippen molar-refractivity contribution in [3.63, 3.8) is 0 Å². The van der Waals surface area contributed by atoms with Crippen LogP contribution < -0.4 is 10.1 Å². The zero-order chi connectivity index (χ0) is 20.1. The summed E-state index contributed by atoms with van der Waals surface area (Å²) < 4.78 is 5.60. The lowest BCUT2D eigenvalue weighted by atomic mass is 10.0. The van der Waals surface area contributed by atoms with E-state index < -0.39 is 6.10 Å². The third-order valence-electron chi connectivity index (χ3n) is 4.02. The summed E-state index contributed by atoms with van der Waals surface area (Å²) in [5.41, 5.74) is 1.72. The molecule has 3 aromatic carbocycles. The molecule has 0 aliphatic rings. The van der Waals surface area contributed by atoms with Crippen LogP contribution in [0.2, 0.25) is 10.0 Å². The Hall–Kier alpha value is -2.82. The minimum absolute atomic E-state index is 0.0763. The third-order valence-corrected chi connectivity index (χ3v) is 4.55. The molecule has 1 N–H and O–H groups in total. The highest BCUT2D eigenvalue weighted by Gasteiger charge is 2.17. The SMILES string of the molecule is CC(Oc1ccc(Cl)cc1Cl)C(=O)Nc1ccc(C(=O)c2ccccc2)cc1. The number of benzene rings is 3. The van der Waals surface area contributed by atoms with Crippen molar-refractivity contribution in [1.82, 2.24) is 0 Å². The maximum Gasteiger partial charge on any atom is 0.265 e. The van der Waals surface area contributed by atoms with Gasteiger partial charge in [-0.1, -0.05) is 53.5 Å². The van der Waals surface area contributed by atoms with Gasteiger partial charge in [0.1, 0.15) is 5.75 Å². The molecule has 0 heterocycles. The van der Waals surface area contributed by atoms with E-state index in [4.69, 9.17) is 27.9 Å². The molecule has 0 spiro atoms. The van der Waals surface area contributed by atoms with Gasteiger partial charge in [-0.05, 0) is 49.4 Å². The fourth-order valence-electron chi connectivity index (χ4n) is 2.52. The minimum atomic E-state index is -0.774. The van der Waals surface area contributed by atoms with E-state index in [0.29, 0.717) is 32.6 Å². The smallest absolute Gasteiger partial charge is 0.265 e. The van der Waals surface area contributed by atoms with Crippen molar-refractivity contribution in [1.29, 1.82) is 0 Å². The molecule has 0 saturated heterocycles. The van der Waals surface area contributed by atoms with E-state index >= 15 is 0 Å². The van der Waals surface area contributed by atoms with Gasteiger partial charge in [0.2, 0.25) is 0 Å². The van der Waals surface area contributed by atoms with E-state index in [9.17, 15) is 9.59 Å². The normalized spacial score (nSPS) is 11.5. The van der Waals surface area contributed by atoms with Crippen molar-refractivity contribution in [2.24, 2.45) is 0 Å². The number of hydrogen-bond donors (Lipinski definition) is 1. The largest absolute Gasteiger partial charge is 0.479 e. The number of ether oxygens (including phenoxy) is 1. The highest BCUT2D eigenvalue weighted by molar-refractivity contribution is 6.35. The Labute approximate surface area is 173 Å². The lowest BCUT2D eigenvalue weighted by molar-refractivity contribution is -0.122. The number of nitrogens with one attached hydrogen (secondary N) is 1. The molecule has 0 aliphatic carbocycles. The van der Waals surface area contributed by atoms with Gasteiger partial charge in [-0.3, -0.25) is 9.59 Å². The van der Waals surface area contributed by atoms with Gasteiger partial charge in [0, 0.05) is 21.8 Å². The van der Waals surface area contributed by atoms with Crippen LogP contribution in [-0.2, 0) is 4.79 Å². The molecule has 4 nitrogen and oxygen atoms in total. The summed E-state index contributed by atoms with van der Waals surface area (Å²) in [6.07, 6.45) is -0.774. The minimum Gasteiger partial charge on any atom is -0.479 e. The number of carbonyl (C=O) groups excluding carboxylic acids is 2. The van der Waals surface area contributed by atoms with Gasteiger partial charge in [0.25, 0.3) is 5.91 Å². The molecule has 6 heteroatoms. The van der Waals surface area contributed by atoms with Crippen LogP contribution in [0, 0.1) is 0 Å². The molecule has 1 unspecified atom stereocenters. The molecule has 0 bridgehead atoms. The van der Waals surface area contributed by atoms with Gasteiger partial charge >= 0.3 is 0 Å². The van der Waals surface area contributed by atoms with Crippen LogP contribution in [0.15, 0.2) is 72.8 Å². The quantitative estimate of drug-likeness (QED) is 0.532. The third kappa shape index (κ3) is 4.91. The van der Waals surface area contributed by atoms with Crippen molar-refractivity contribution in [3.05, 3.63) is 94.0 Å². The van der Waals surface area contributed by atoms with E-state index in [1.54, 1.807) is 61.5 Å². The first kappa shape index (κ1) is 19.9. The summed E-state index contributed by atoms with van der Waals surface area (Å²) in [4.78, 5) is 24.8. The molecule has 0 fully saturated rings. The Morgan fingerprint density at radius 3 is 2.18 bits per heavy atom. The zero-order valence-electron chi connectivity index (χ0n) is 15.0. The summed E-state index contributed by atoms with van der Waals surface area (Å²) in [7, 11) is 0. The lowest BCUT2D eigenvalue weighted by Gasteiger charge is -2.16. The summed E-state index contributed by atoms with van der Waals surface area (Å²) in [6, 6.07) is 20.5. The summed E-state index contributed by atoms with van der Waals surface area (Å²) in [6.45, 7) is 1.62. The number of amides is 1. The molecule has 142 valence electrons. The number of halogens is 2. The van der Waals surface area contributed by atoms with Gasteiger partial charge in [0.15, 0.2) is 11.9 Å². The molecule has 0 aromatic heterocycles. The number of hydrogen-bond acceptors (Lipinski definition) is 3. The maximum atomic E-state index is 12.4. The fourth-order valence-corrected chi connectivity index (χ4v) is 2.97. The first-order valence-electron chi connectivity index (χ1n) is 8.56. The highest BCUT2D eigenvalue weighted by atomic mass is 35.5. The van der Waals surface area contributed by atoms with Crippen LogP contribution in [0.25, 0.3) is 0 Å². The molecule has 3 rings (SSSR count). The summed E-state index contributed by atoms with van der Waals surface area (Å²) >= 11 is 11.9. The summed E-state index contributed by atoms with van der Waals surface area (Å²) in [5, 5.41) is 3.57. The predicted octanol–water partition coefficient (Wildman–Crippen LogP) is 5.63. The Morgan fingerprint density at radius 1 is 0.893 bits per heavy atom. The van der Waals surface area contributed by atoms with Gasteiger partial charge in [-0.15, -0.1) is 0 Å². The Kier molecular flexibility index (Phi) is 6.34. The second-order valence-corrected chi connectivity index (χ2v) is 6.94. The first-order chi connectivity index (χ1) is 13.4. The average Bonchev–Trinajstić information content (AvgIpc) is 2.70. The monoisotopic (exact) mass is 413 g/mol. The molecule has 28 heavy (non-hydrogen) atoms. The van der Waals surface area contributed by atoms with Crippen LogP contribution in [0.1, 0.15) is 22.8 Å². The average molecular weight is 414 g/mol. The highest BCUT2D eigenvalue weighted by Crippen LogP contribution is 2.28. The Morgan fingerprint density at radius 2 is 1.54 bits per heavy atom. The van der Waals surface area contributed by atoms with Crippen molar-refractivity contribution in [2.45, 2.75) is 13.0 Å². The van der Waals surface area contributed by atoms with Gasteiger partial charge in [-0.2, -0.15) is 0 Å². The van der Waals surface area contributed by atoms with E-state index in [-0.39, 0.29) is 11.7 Å². The van der Waals surface area contributed by atoms with Crippen LogP contribution >= 0.6 is 23.2 Å². The molecule has 3 aromatic rings. The molecular weight excluding hydrogens is 397 g/mol. The Bertz CT molecular complexity index is 988. The second-order valence-electron chi connectivity index (χ2n) is 6.10. The van der Waals surface area contributed by atoms with E-state index in [1.165, 1.54) is 0 Å². The van der Waals surface area contributed by atoms with E-state index in [0.717, 1.165) is 0 Å². The predicted molar refractivity (Wildman–Crippen MR) is 111 cm³/mol. The number of ketones is 1. The van der Waals surface area contributed by atoms with Crippen molar-refractivity contribution >= 4 is 40.6 Å². The van der Waals surface area contributed by atoms with Gasteiger partial charge in [0.05, 0.1) is 5.02 Å². The van der Waals surface area contributed by atoms with Gasteiger partial charge in [-0.25, -0.2) is 0 Å². The molecular formula is C22H17Cl2NO3. The van der Waals surface area contributed by atoms with Gasteiger partial charge < -0.3 is 10.1 Å². The van der Waals surface area contributed by atoms with Crippen molar-refractivity contribution < 1.29 is 14.3 Å². The second kappa shape index (κ2) is 8.91. The van der Waals surface area contributed by atoms with Crippen LogP contribution in [-0.4, -0.2) is 17.8 Å². The molecule has 0 radical (unpaired) electrons. The topological polar surface area (TPSA) is 55.4 Å². The maximum absolute atomic E-state index is 12.4. The van der Waals surface area contributed by atoms with Crippen LogP contribution in [0.4, 0.5) is 5.69 Å². The lowest BCUT2D eigenvalue weighted by Crippen LogP contribution is -2.30. The number of anilines is 1.